The van der Waals surface area contributed by atoms with Crippen LogP contribution in [0.1, 0.15) is 65.3 Å². The molecule has 3 aliphatic rings. The summed E-state index contributed by atoms with van der Waals surface area (Å²) in [5.41, 5.74) is 1.44. The molecule has 5 rings (SSSR count). The van der Waals surface area contributed by atoms with E-state index in [0.717, 1.165) is 18.5 Å². The molecule has 3 N–H and O–H groups in total. The quantitative estimate of drug-likeness (QED) is 0.404. The van der Waals surface area contributed by atoms with E-state index in [2.05, 4.69) is 15.7 Å². The molecule has 0 radical (unpaired) electrons. The second kappa shape index (κ2) is 10.5. The molecule has 1 saturated carbocycles. The number of nitrogens with one attached hydrogen (secondary N) is 2. The van der Waals surface area contributed by atoms with Gasteiger partial charge in [0.15, 0.2) is 0 Å². The normalized spacial score (nSPS) is 19.5. The van der Waals surface area contributed by atoms with Crippen molar-refractivity contribution in [3.8, 4) is 0 Å². The van der Waals surface area contributed by atoms with E-state index in [1.54, 1.807) is 0 Å². The van der Waals surface area contributed by atoms with Gasteiger partial charge >= 0.3 is 0 Å². The minimum atomic E-state index is -0.810. The summed E-state index contributed by atoms with van der Waals surface area (Å²) >= 11 is 6.39. The number of hydrogen-bond acceptors (Lipinski definition) is 6. The molecule has 1 unspecified atom stereocenters. The van der Waals surface area contributed by atoms with E-state index in [1.807, 2.05) is 16.9 Å². The van der Waals surface area contributed by atoms with Gasteiger partial charge in [-0.3, -0.25) is 29.2 Å². The first-order valence-electron chi connectivity index (χ1n) is 11.3. The molecule has 3 amide bonds. The average Bonchev–Trinajstić information content (AvgIpc) is 3.36. The Labute approximate surface area is 205 Å². The van der Waals surface area contributed by atoms with Crippen LogP contribution in [0.3, 0.4) is 0 Å². The highest BCUT2D eigenvalue weighted by atomic mass is 35.5. The maximum Gasteiger partial charge on any atom is 0.290 e. The molecule has 35 heavy (non-hydrogen) atoms. The molecule has 1 aliphatic carbocycles. The van der Waals surface area contributed by atoms with Gasteiger partial charge in [-0.25, -0.2) is 4.39 Å². The molecule has 2 aliphatic heterocycles. The van der Waals surface area contributed by atoms with Crippen LogP contribution in [0.2, 0.25) is 5.02 Å². The molecule has 0 spiro atoms. The smallest absolute Gasteiger partial charge is 0.290 e. The number of carbonyl (C=O) groups excluding carboxylic acids is 3. The number of halogens is 2. The van der Waals surface area contributed by atoms with Gasteiger partial charge in [-0.2, -0.15) is 5.10 Å². The SMILES string of the molecule is O=C1CCC(N2Cc3c(Cl)cc(CNCc4ccn(C5CCC5)n4)c(F)c3C2=O)C(=O)N1.O=CO. The summed E-state index contributed by atoms with van der Waals surface area (Å²) in [7, 11) is 0. The number of benzene rings is 1. The number of carbonyl (C=O) groups is 4. The van der Waals surface area contributed by atoms with E-state index in [-0.39, 0.29) is 54.5 Å². The molecule has 2 fully saturated rings. The third-order valence-corrected chi connectivity index (χ3v) is 6.85. The monoisotopic (exact) mass is 505 g/mol. The van der Waals surface area contributed by atoms with Gasteiger partial charge in [0.05, 0.1) is 17.3 Å². The largest absolute Gasteiger partial charge is 0.483 e. The third-order valence-electron chi connectivity index (χ3n) is 6.52. The fourth-order valence-electron chi connectivity index (χ4n) is 4.49. The van der Waals surface area contributed by atoms with E-state index < -0.39 is 23.7 Å². The van der Waals surface area contributed by atoms with Crippen LogP contribution in [0.5, 0.6) is 0 Å². The Morgan fingerprint density at radius 1 is 1.26 bits per heavy atom. The van der Waals surface area contributed by atoms with Gasteiger partial charge in [0, 0.05) is 48.4 Å². The van der Waals surface area contributed by atoms with Crippen LogP contribution < -0.4 is 10.6 Å². The number of aromatic nitrogens is 2. The van der Waals surface area contributed by atoms with Crippen molar-refractivity contribution in [3.05, 3.63) is 51.6 Å². The van der Waals surface area contributed by atoms with Crippen molar-refractivity contribution in [2.24, 2.45) is 0 Å². The first-order valence-corrected chi connectivity index (χ1v) is 11.7. The fourth-order valence-corrected chi connectivity index (χ4v) is 4.78. The summed E-state index contributed by atoms with van der Waals surface area (Å²) in [5, 5.41) is 17.1. The maximum atomic E-state index is 15.3. The van der Waals surface area contributed by atoms with Gasteiger partial charge in [0.1, 0.15) is 11.9 Å². The van der Waals surface area contributed by atoms with Crippen LogP contribution >= 0.6 is 11.6 Å². The van der Waals surface area contributed by atoms with Crippen molar-refractivity contribution in [1.29, 1.82) is 0 Å². The number of amides is 3. The molecule has 186 valence electrons. The molecule has 1 saturated heterocycles. The number of rotatable bonds is 6. The molecule has 1 aromatic heterocycles. The molecule has 10 nitrogen and oxygen atoms in total. The van der Waals surface area contributed by atoms with Crippen molar-refractivity contribution < 1.29 is 28.7 Å². The molecule has 12 heteroatoms. The molecular formula is C23H25ClFN5O5. The molecule has 1 aromatic carbocycles. The predicted molar refractivity (Wildman–Crippen MR) is 122 cm³/mol. The van der Waals surface area contributed by atoms with Crippen LogP contribution in [0, 0.1) is 5.82 Å². The standard InChI is InChI=1S/C22H23ClFN5O3.CH2O2/c23-16-8-12(9-25-10-13-6-7-29(27-13)14-2-1-3-14)20(24)19-15(16)11-28(22(19)32)17-4-5-18(30)26-21(17)31;2-1-3/h6-8,14,17,25H,1-5,9-11H2,(H,26,30,31);1H,(H,2,3). The van der Waals surface area contributed by atoms with Gasteiger partial charge in [-0.1, -0.05) is 11.6 Å². The zero-order valence-electron chi connectivity index (χ0n) is 18.8. The second-order valence-corrected chi connectivity index (χ2v) is 9.07. The third kappa shape index (κ3) is 5.06. The fraction of sp³-hybridized carbons (Fsp3) is 0.435. The van der Waals surface area contributed by atoms with Gasteiger partial charge in [0.25, 0.3) is 12.4 Å². The Kier molecular flexibility index (Phi) is 7.46. The van der Waals surface area contributed by atoms with Gasteiger partial charge in [-0.15, -0.1) is 0 Å². The van der Waals surface area contributed by atoms with Gasteiger partial charge in [-0.05, 0) is 37.8 Å². The number of fused-ring (bicyclic) bond motifs is 1. The minimum Gasteiger partial charge on any atom is -0.483 e. The van der Waals surface area contributed by atoms with E-state index >= 15 is 4.39 Å². The molecule has 0 bridgehead atoms. The second-order valence-electron chi connectivity index (χ2n) is 8.67. The lowest BCUT2D eigenvalue weighted by Gasteiger charge is -2.29. The van der Waals surface area contributed by atoms with E-state index in [4.69, 9.17) is 21.5 Å². The lowest BCUT2D eigenvalue weighted by atomic mass is 9.93. The van der Waals surface area contributed by atoms with Crippen LogP contribution in [0.15, 0.2) is 18.3 Å². The Bertz CT molecular complexity index is 1170. The lowest BCUT2D eigenvalue weighted by molar-refractivity contribution is -0.137. The Morgan fingerprint density at radius 3 is 2.66 bits per heavy atom. The number of hydrogen-bond donors (Lipinski definition) is 3. The summed E-state index contributed by atoms with van der Waals surface area (Å²) in [6.45, 7) is 0.438. The average molecular weight is 506 g/mol. The number of carboxylic acid groups (broad SMARTS) is 1. The number of imide groups is 1. The van der Waals surface area contributed by atoms with Crippen LogP contribution in [-0.2, 0) is 34.0 Å². The summed E-state index contributed by atoms with van der Waals surface area (Å²) < 4.78 is 17.3. The molecule has 2 aromatic rings. The zero-order valence-corrected chi connectivity index (χ0v) is 19.6. The topological polar surface area (TPSA) is 134 Å². The first-order chi connectivity index (χ1) is 16.8. The lowest BCUT2D eigenvalue weighted by Crippen LogP contribution is -2.52. The van der Waals surface area contributed by atoms with Crippen molar-refractivity contribution in [2.75, 3.05) is 0 Å². The molecular weight excluding hydrogens is 481 g/mol. The maximum absolute atomic E-state index is 15.3. The van der Waals surface area contributed by atoms with Crippen molar-refractivity contribution >= 4 is 35.8 Å². The van der Waals surface area contributed by atoms with Crippen molar-refractivity contribution in [1.82, 2.24) is 25.3 Å². The van der Waals surface area contributed by atoms with Gasteiger partial charge < -0.3 is 15.3 Å². The van der Waals surface area contributed by atoms with Gasteiger partial charge in [0.2, 0.25) is 11.8 Å². The summed E-state index contributed by atoms with van der Waals surface area (Å²) in [6, 6.07) is 3.14. The highest BCUT2D eigenvalue weighted by Gasteiger charge is 2.41. The van der Waals surface area contributed by atoms with E-state index in [0.29, 0.717) is 18.2 Å². The van der Waals surface area contributed by atoms with Crippen molar-refractivity contribution in [3.63, 3.8) is 0 Å². The Hall–Kier alpha value is -3.31. The van der Waals surface area contributed by atoms with Crippen LogP contribution in [0.25, 0.3) is 0 Å². The van der Waals surface area contributed by atoms with Crippen LogP contribution in [0.4, 0.5) is 4.39 Å². The summed E-state index contributed by atoms with van der Waals surface area (Å²) in [4.78, 5) is 46.2. The first kappa shape index (κ1) is 24.8. The number of piperidine rings is 1. The van der Waals surface area contributed by atoms with E-state index in [1.165, 1.54) is 17.4 Å². The minimum absolute atomic E-state index is 0.0442. The Balaban J connectivity index is 0.000000917. The Morgan fingerprint density at radius 2 is 2.00 bits per heavy atom. The molecule has 1 atom stereocenters. The summed E-state index contributed by atoms with van der Waals surface area (Å²) in [6.07, 6.45) is 5.85. The zero-order chi connectivity index (χ0) is 25.1. The highest BCUT2D eigenvalue weighted by Crippen LogP contribution is 2.35. The predicted octanol–water partition coefficient (Wildman–Crippen LogP) is 2.15. The van der Waals surface area contributed by atoms with Crippen molar-refractivity contribution in [2.45, 2.75) is 63.8 Å². The van der Waals surface area contributed by atoms with Crippen LogP contribution in [-0.4, -0.2) is 50.0 Å². The number of nitrogens with zero attached hydrogens (tertiary/aromatic N) is 3. The van der Waals surface area contributed by atoms with E-state index in [9.17, 15) is 14.4 Å². The highest BCUT2D eigenvalue weighted by molar-refractivity contribution is 6.32. The summed E-state index contributed by atoms with van der Waals surface area (Å²) in [5.74, 6) is -2.11. The molecule has 3 heterocycles.